The summed E-state index contributed by atoms with van der Waals surface area (Å²) < 4.78 is 4.98. The van der Waals surface area contributed by atoms with Gasteiger partial charge in [0, 0.05) is 19.3 Å². The van der Waals surface area contributed by atoms with Crippen LogP contribution in [0.2, 0.25) is 0 Å². The third-order valence-electron chi connectivity index (χ3n) is 2.94. The van der Waals surface area contributed by atoms with Crippen LogP contribution in [0.3, 0.4) is 0 Å². The fraction of sp³-hybridized carbons (Fsp3) is 0.385. The van der Waals surface area contributed by atoms with Crippen molar-refractivity contribution in [3.05, 3.63) is 29.6 Å². The van der Waals surface area contributed by atoms with Gasteiger partial charge in [0.25, 0.3) is 0 Å². The van der Waals surface area contributed by atoms with E-state index in [1.54, 1.807) is 13.2 Å². The number of para-hydroxylation sites is 1. The van der Waals surface area contributed by atoms with E-state index in [2.05, 4.69) is 20.4 Å². The van der Waals surface area contributed by atoms with Gasteiger partial charge in [0.05, 0.1) is 17.6 Å². The molecule has 7 heteroatoms. The van der Waals surface area contributed by atoms with Crippen LogP contribution in [-0.4, -0.2) is 41.3 Å². The van der Waals surface area contributed by atoms with Crippen LogP contribution in [0.4, 0.5) is 0 Å². The quantitative estimate of drug-likeness (QED) is 0.197. The van der Waals surface area contributed by atoms with Crippen LogP contribution in [0.25, 0.3) is 11.0 Å². The largest absolute Gasteiger partial charge is 0.409 e. The van der Waals surface area contributed by atoms with Crippen molar-refractivity contribution in [3.8, 4) is 0 Å². The summed E-state index contributed by atoms with van der Waals surface area (Å²) >= 11 is 0. The number of H-pyrrole nitrogens is 1. The standard InChI is InChI=1S/C13H19N5O2/c1-20-7-3-6-15-8-11-16-10-5-2-4-9(12(10)17-11)13(14)18-19/h2,4-5,15,19H,3,6-8H2,1H3,(H2,14,18)(H,16,17). The molecule has 0 aliphatic rings. The molecule has 2 aromatic rings. The number of benzene rings is 1. The highest BCUT2D eigenvalue weighted by molar-refractivity contribution is 6.06. The van der Waals surface area contributed by atoms with Crippen LogP contribution >= 0.6 is 0 Å². The van der Waals surface area contributed by atoms with E-state index in [9.17, 15) is 0 Å². The second-order valence-corrected chi connectivity index (χ2v) is 4.39. The molecule has 0 saturated carbocycles. The smallest absolute Gasteiger partial charge is 0.172 e. The average Bonchev–Trinajstić information content (AvgIpc) is 2.88. The third-order valence-corrected chi connectivity index (χ3v) is 2.94. The van der Waals surface area contributed by atoms with Gasteiger partial charge in [0.1, 0.15) is 5.82 Å². The topological polar surface area (TPSA) is 109 Å². The number of hydrogen-bond donors (Lipinski definition) is 4. The molecular formula is C13H19N5O2. The first-order valence-electron chi connectivity index (χ1n) is 6.41. The van der Waals surface area contributed by atoms with Gasteiger partial charge in [0.15, 0.2) is 5.84 Å². The van der Waals surface area contributed by atoms with Crippen molar-refractivity contribution in [1.29, 1.82) is 0 Å². The lowest BCUT2D eigenvalue weighted by molar-refractivity contribution is 0.194. The number of nitrogens with zero attached hydrogens (tertiary/aromatic N) is 2. The SMILES string of the molecule is COCCCNCc1nc2c(C(N)=NO)cccc2[nH]1. The summed E-state index contributed by atoms with van der Waals surface area (Å²) in [7, 11) is 1.69. The number of nitrogens with two attached hydrogens (primary N) is 1. The van der Waals surface area contributed by atoms with Crippen LogP contribution in [0.5, 0.6) is 0 Å². The molecule has 108 valence electrons. The molecule has 1 aromatic carbocycles. The minimum absolute atomic E-state index is 0.0571. The molecule has 0 radical (unpaired) electrons. The summed E-state index contributed by atoms with van der Waals surface area (Å²) in [5.41, 5.74) is 7.83. The summed E-state index contributed by atoms with van der Waals surface area (Å²) in [5, 5.41) is 15.1. The molecule has 0 bridgehead atoms. The van der Waals surface area contributed by atoms with Crippen LogP contribution in [0.15, 0.2) is 23.4 Å². The summed E-state index contributed by atoms with van der Waals surface area (Å²) in [6.07, 6.45) is 0.950. The molecule has 7 nitrogen and oxygen atoms in total. The van der Waals surface area contributed by atoms with Crippen LogP contribution in [0, 0.1) is 0 Å². The number of ether oxygens (including phenoxy) is 1. The number of rotatable bonds is 7. The van der Waals surface area contributed by atoms with Crippen LogP contribution < -0.4 is 11.1 Å². The number of nitrogens with one attached hydrogen (secondary N) is 2. The molecule has 0 atom stereocenters. The molecule has 0 fully saturated rings. The molecule has 1 heterocycles. The lowest BCUT2D eigenvalue weighted by Gasteiger charge is -2.01. The van der Waals surface area contributed by atoms with Crippen molar-refractivity contribution in [3.63, 3.8) is 0 Å². The van der Waals surface area contributed by atoms with Crippen molar-refractivity contribution in [1.82, 2.24) is 15.3 Å². The van der Waals surface area contributed by atoms with Gasteiger partial charge in [0.2, 0.25) is 0 Å². The zero-order chi connectivity index (χ0) is 14.4. The van der Waals surface area contributed by atoms with Crippen molar-refractivity contribution < 1.29 is 9.94 Å². The molecule has 0 aliphatic heterocycles. The van der Waals surface area contributed by atoms with E-state index >= 15 is 0 Å². The van der Waals surface area contributed by atoms with Crippen LogP contribution in [0.1, 0.15) is 17.8 Å². The Morgan fingerprint density at radius 3 is 3.15 bits per heavy atom. The lowest BCUT2D eigenvalue weighted by atomic mass is 10.2. The van der Waals surface area contributed by atoms with E-state index in [0.717, 1.165) is 30.9 Å². The molecule has 0 unspecified atom stereocenters. The molecule has 2 rings (SSSR count). The minimum Gasteiger partial charge on any atom is -0.409 e. The Morgan fingerprint density at radius 2 is 2.40 bits per heavy atom. The van der Waals surface area contributed by atoms with E-state index in [4.69, 9.17) is 15.7 Å². The number of amidine groups is 1. The molecule has 0 saturated heterocycles. The van der Waals surface area contributed by atoms with Gasteiger partial charge in [-0.2, -0.15) is 0 Å². The first-order valence-corrected chi connectivity index (χ1v) is 6.41. The van der Waals surface area contributed by atoms with E-state index in [-0.39, 0.29) is 5.84 Å². The number of oxime groups is 1. The average molecular weight is 277 g/mol. The number of fused-ring (bicyclic) bond motifs is 1. The maximum atomic E-state index is 8.78. The van der Waals surface area contributed by atoms with Gasteiger partial charge in [-0.15, -0.1) is 0 Å². The molecule has 0 aliphatic carbocycles. The Morgan fingerprint density at radius 1 is 1.55 bits per heavy atom. The summed E-state index contributed by atoms with van der Waals surface area (Å²) in [6.45, 7) is 2.23. The van der Waals surface area contributed by atoms with Gasteiger partial charge in [-0.05, 0) is 25.1 Å². The Kier molecular flexibility index (Phi) is 4.91. The first kappa shape index (κ1) is 14.3. The highest BCUT2D eigenvalue weighted by Crippen LogP contribution is 2.16. The lowest BCUT2D eigenvalue weighted by Crippen LogP contribution is -2.17. The molecule has 0 amide bonds. The van der Waals surface area contributed by atoms with E-state index in [1.807, 2.05) is 12.1 Å². The summed E-state index contributed by atoms with van der Waals surface area (Å²) in [4.78, 5) is 7.69. The fourth-order valence-electron chi connectivity index (χ4n) is 1.98. The summed E-state index contributed by atoms with van der Waals surface area (Å²) in [5.74, 6) is 0.873. The van der Waals surface area contributed by atoms with Crippen LogP contribution in [-0.2, 0) is 11.3 Å². The number of aromatic amines is 1. The number of hydrogen-bond acceptors (Lipinski definition) is 5. The third kappa shape index (κ3) is 3.25. The van der Waals surface area contributed by atoms with Crippen molar-refractivity contribution in [2.75, 3.05) is 20.3 Å². The Labute approximate surface area is 116 Å². The predicted molar refractivity (Wildman–Crippen MR) is 76.8 cm³/mol. The monoisotopic (exact) mass is 277 g/mol. The zero-order valence-electron chi connectivity index (χ0n) is 11.4. The Bertz CT molecular complexity index is 593. The van der Waals surface area contributed by atoms with Gasteiger partial charge in [-0.1, -0.05) is 11.2 Å². The molecule has 1 aromatic heterocycles. The highest BCUT2D eigenvalue weighted by Gasteiger charge is 2.10. The number of aromatic nitrogens is 2. The van der Waals surface area contributed by atoms with Crippen molar-refractivity contribution in [2.24, 2.45) is 10.9 Å². The molecular weight excluding hydrogens is 258 g/mol. The molecule has 5 N–H and O–H groups in total. The van der Waals surface area contributed by atoms with E-state index in [1.165, 1.54) is 0 Å². The van der Waals surface area contributed by atoms with E-state index < -0.39 is 0 Å². The normalized spacial score (nSPS) is 12.2. The minimum atomic E-state index is 0.0571. The van der Waals surface area contributed by atoms with E-state index in [0.29, 0.717) is 17.6 Å². The Balaban J connectivity index is 2.09. The van der Waals surface area contributed by atoms with Gasteiger partial charge in [-0.3, -0.25) is 0 Å². The second-order valence-electron chi connectivity index (χ2n) is 4.39. The van der Waals surface area contributed by atoms with Crippen molar-refractivity contribution in [2.45, 2.75) is 13.0 Å². The highest BCUT2D eigenvalue weighted by atomic mass is 16.5. The van der Waals surface area contributed by atoms with Gasteiger partial charge in [-0.25, -0.2) is 4.98 Å². The number of methoxy groups -OCH3 is 1. The number of imidazole rings is 1. The zero-order valence-corrected chi connectivity index (χ0v) is 11.4. The molecule has 20 heavy (non-hydrogen) atoms. The maximum absolute atomic E-state index is 8.78. The Hall–Kier alpha value is -2.12. The van der Waals surface area contributed by atoms with Crippen molar-refractivity contribution >= 4 is 16.9 Å². The first-order chi connectivity index (χ1) is 9.76. The van der Waals surface area contributed by atoms with Gasteiger partial charge >= 0.3 is 0 Å². The maximum Gasteiger partial charge on any atom is 0.172 e. The van der Waals surface area contributed by atoms with Gasteiger partial charge < -0.3 is 26.0 Å². The second kappa shape index (κ2) is 6.88. The fourth-order valence-corrected chi connectivity index (χ4v) is 1.98. The summed E-state index contributed by atoms with van der Waals surface area (Å²) in [6, 6.07) is 5.52. The molecule has 0 spiro atoms. The predicted octanol–water partition coefficient (Wildman–Crippen LogP) is 0.784.